The maximum atomic E-state index is 11.6. The van der Waals surface area contributed by atoms with E-state index in [0.717, 1.165) is 0 Å². The van der Waals surface area contributed by atoms with E-state index >= 15 is 0 Å². The van der Waals surface area contributed by atoms with Crippen molar-refractivity contribution in [3.8, 4) is 0 Å². The summed E-state index contributed by atoms with van der Waals surface area (Å²) in [5, 5.41) is 8.40. The first kappa shape index (κ1) is 13.7. The molecule has 4 nitrogen and oxygen atoms in total. The molecule has 0 fully saturated rings. The summed E-state index contributed by atoms with van der Waals surface area (Å²) in [6.07, 6.45) is -6.02. The van der Waals surface area contributed by atoms with Crippen LogP contribution in [0, 0.1) is 5.92 Å². The fourth-order valence-corrected chi connectivity index (χ4v) is 0.677. The van der Waals surface area contributed by atoms with Crippen LogP contribution in [0.15, 0.2) is 0 Å². The highest BCUT2D eigenvalue weighted by Gasteiger charge is 2.27. The van der Waals surface area contributed by atoms with Gasteiger partial charge in [0.05, 0.1) is 25.4 Å². The van der Waals surface area contributed by atoms with Crippen molar-refractivity contribution >= 4 is 11.9 Å². The average molecular weight is 228 g/mol. The second kappa shape index (κ2) is 5.57. The molecule has 0 aromatic heterocycles. The Balaban J connectivity index is 3.72. The molecule has 15 heavy (non-hydrogen) atoms. The summed E-state index contributed by atoms with van der Waals surface area (Å²) in [6.45, 7) is 0.502. The van der Waals surface area contributed by atoms with Gasteiger partial charge in [-0.2, -0.15) is 13.2 Å². The summed E-state index contributed by atoms with van der Waals surface area (Å²) < 4.78 is 39.1. The predicted molar refractivity (Wildman–Crippen MR) is 43.0 cm³/mol. The highest BCUT2D eigenvalue weighted by Crippen LogP contribution is 2.19. The minimum Gasteiger partial charge on any atom is -0.481 e. The monoisotopic (exact) mass is 228 g/mol. The molecule has 0 radical (unpaired) electrons. The van der Waals surface area contributed by atoms with Crippen LogP contribution in [-0.2, 0) is 14.3 Å². The Hall–Kier alpha value is -1.27. The first-order chi connectivity index (χ1) is 6.72. The summed E-state index contributed by atoms with van der Waals surface area (Å²) in [7, 11) is 0. The fraction of sp³-hybridized carbons (Fsp3) is 0.750. The molecule has 0 aliphatic carbocycles. The zero-order valence-electron chi connectivity index (χ0n) is 8.00. The number of hydrogen-bond donors (Lipinski definition) is 1. The lowest BCUT2D eigenvalue weighted by atomic mass is 10.1. The molecule has 0 aliphatic heterocycles. The zero-order chi connectivity index (χ0) is 12.1. The minimum atomic E-state index is -4.38. The molecule has 0 amide bonds. The Kier molecular flexibility index (Phi) is 5.10. The third-order valence-corrected chi connectivity index (χ3v) is 1.54. The number of hydrogen-bond acceptors (Lipinski definition) is 3. The van der Waals surface area contributed by atoms with Crippen LogP contribution in [0.4, 0.5) is 13.2 Å². The van der Waals surface area contributed by atoms with Crippen LogP contribution >= 0.6 is 0 Å². The maximum absolute atomic E-state index is 11.6. The summed E-state index contributed by atoms with van der Waals surface area (Å²) in [6, 6.07) is 0. The zero-order valence-corrected chi connectivity index (χ0v) is 8.00. The number of carboxylic acid groups (broad SMARTS) is 1. The van der Waals surface area contributed by atoms with Gasteiger partial charge in [0.1, 0.15) is 0 Å². The normalized spacial score (nSPS) is 13.3. The van der Waals surface area contributed by atoms with Crippen LogP contribution in [0.1, 0.15) is 19.8 Å². The largest absolute Gasteiger partial charge is 0.481 e. The van der Waals surface area contributed by atoms with Crippen molar-refractivity contribution in [3.05, 3.63) is 0 Å². The minimum absolute atomic E-state index is 0.423. The lowest BCUT2D eigenvalue weighted by Gasteiger charge is -2.08. The van der Waals surface area contributed by atoms with Crippen LogP contribution < -0.4 is 0 Å². The van der Waals surface area contributed by atoms with E-state index in [2.05, 4.69) is 4.74 Å². The number of halogens is 3. The van der Waals surface area contributed by atoms with E-state index in [-0.39, 0.29) is 0 Å². The van der Waals surface area contributed by atoms with Crippen molar-refractivity contribution in [2.75, 3.05) is 6.61 Å². The SMILES string of the molecule is CC(CC(=O)OCCC(F)(F)F)C(=O)O. The molecule has 7 heteroatoms. The quantitative estimate of drug-likeness (QED) is 0.726. The molecule has 1 unspecified atom stereocenters. The Morgan fingerprint density at radius 1 is 1.40 bits per heavy atom. The van der Waals surface area contributed by atoms with Gasteiger partial charge in [-0.05, 0) is 0 Å². The van der Waals surface area contributed by atoms with Crippen LogP contribution in [-0.4, -0.2) is 29.8 Å². The van der Waals surface area contributed by atoms with Crippen LogP contribution in [0.25, 0.3) is 0 Å². The number of carbonyl (C=O) groups is 2. The van der Waals surface area contributed by atoms with Gasteiger partial charge in [-0.25, -0.2) is 0 Å². The second-order valence-corrected chi connectivity index (χ2v) is 3.03. The molecule has 88 valence electrons. The topological polar surface area (TPSA) is 63.6 Å². The Morgan fingerprint density at radius 2 is 1.93 bits per heavy atom. The van der Waals surface area contributed by atoms with Crippen molar-refractivity contribution in [2.45, 2.75) is 25.9 Å². The maximum Gasteiger partial charge on any atom is 0.392 e. The third kappa shape index (κ3) is 7.77. The molecule has 0 saturated carbocycles. The highest BCUT2D eigenvalue weighted by molar-refractivity contribution is 5.78. The van der Waals surface area contributed by atoms with E-state index in [0.29, 0.717) is 0 Å². The van der Waals surface area contributed by atoms with Gasteiger partial charge in [-0.15, -0.1) is 0 Å². The molecule has 1 atom stereocenters. The Morgan fingerprint density at radius 3 is 2.33 bits per heavy atom. The van der Waals surface area contributed by atoms with Gasteiger partial charge in [-0.1, -0.05) is 6.92 Å². The summed E-state index contributed by atoms with van der Waals surface area (Å²) in [5.41, 5.74) is 0. The smallest absolute Gasteiger partial charge is 0.392 e. The lowest BCUT2D eigenvalue weighted by molar-refractivity contribution is -0.161. The molecule has 1 N–H and O–H groups in total. The van der Waals surface area contributed by atoms with E-state index < -0.39 is 43.5 Å². The molecule has 0 saturated heterocycles. The van der Waals surface area contributed by atoms with Crippen LogP contribution in [0.5, 0.6) is 0 Å². The summed E-state index contributed by atoms with van der Waals surface area (Å²) >= 11 is 0. The predicted octanol–water partition coefficient (Wildman–Crippen LogP) is 1.59. The van der Waals surface area contributed by atoms with Crippen molar-refractivity contribution in [1.29, 1.82) is 0 Å². The first-order valence-corrected chi connectivity index (χ1v) is 4.17. The van der Waals surface area contributed by atoms with Gasteiger partial charge < -0.3 is 9.84 Å². The second-order valence-electron chi connectivity index (χ2n) is 3.03. The number of carboxylic acids is 1. The number of alkyl halides is 3. The Bertz CT molecular complexity index is 237. The van der Waals surface area contributed by atoms with Crippen molar-refractivity contribution in [3.63, 3.8) is 0 Å². The molecule has 0 heterocycles. The number of esters is 1. The fourth-order valence-electron chi connectivity index (χ4n) is 0.677. The average Bonchev–Trinajstić information content (AvgIpc) is 2.01. The van der Waals surface area contributed by atoms with E-state index in [1.807, 2.05) is 0 Å². The van der Waals surface area contributed by atoms with Crippen molar-refractivity contribution < 1.29 is 32.6 Å². The number of ether oxygens (including phenoxy) is 1. The molecule has 0 aliphatic rings. The van der Waals surface area contributed by atoms with E-state index in [1.165, 1.54) is 6.92 Å². The molecular weight excluding hydrogens is 217 g/mol. The highest BCUT2D eigenvalue weighted by atomic mass is 19.4. The van der Waals surface area contributed by atoms with Gasteiger partial charge in [-0.3, -0.25) is 9.59 Å². The van der Waals surface area contributed by atoms with Gasteiger partial charge in [0.15, 0.2) is 0 Å². The number of rotatable bonds is 5. The molecule has 0 rings (SSSR count). The standard InChI is InChI=1S/C8H11F3O4/c1-5(7(13)14)4-6(12)15-3-2-8(9,10)11/h5H,2-4H2,1H3,(H,13,14). The summed E-state index contributed by atoms with van der Waals surface area (Å²) in [5.74, 6) is -3.08. The Labute approximate surface area is 84.0 Å². The lowest BCUT2D eigenvalue weighted by Crippen LogP contribution is -2.19. The van der Waals surface area contributed by atoms with Crippen molar-refractivity contribution in [1.82, 2.24) is 0 Å². The molecule has 0 aromatic carbocycles. The molecule has 0 bridgehead atoms. The van der Waals surface area contributed by atoms with Crippen molar-refractivity contribution in [2.24, 2.45) is 5.92 Å². The van der Waals surface area contributed by atoms with E-state index in [4.69, 9.17) is 5.11 Å². The number of carbonyl (C=O) groups excluding carboxylic acids is 1. The molecule has 0 aromatic rings. The van der Waals surface area contributed by atoms with E-state index in [9.17, 15) is 22.8 Å². The van der Waals surface area contributed by atoms with Gasteiger partial charge in [0.2, 0.25) is 0 Å². The molecule has 0 spiro atoms. The molecular formula is C8H11F3O4. The third-order valence-electron chi connectivity index (χ3n) is 1.54. The summed E-state index contributed by atoms with van der Waals surface area (Å²) in [4.78, 5) is 21.1. The number of aliphatic carboxylic acids is 1. The van der Waals surface area contributed by atoms with Crippen LogP contribution in [0.3, 0.4) is 0 Å². The van der Waals surface area contributed by atoms with E-state index in [1.54, 1.807) is 0 Å². The first-order valence-electron chi connectivity index (χ1n) is 4.17. The van der Waals surface area contributed by atoms with Gasteiger partial charge in [0.25, 0.3) is 0 Å². The van der Waals surface area contributed by atoms with Gasteiger partial charge in [0, 0.05) is 0 Å². The van der Waals surface area contributed by atoms with Gasteiger partial charge >= 0.3 is 18.1 Å². The van der Waals surface area contributed by atoms with Crippen LogP contribution in [0.2, 0.25) is 0 Å².